The molecule has 0 radical (unpaired) electrons. The number of aliphatic carboxylic acids is 1. The number of amides is 1. The molecule has 0 aliphatic carbocycles. The number of halogens is 1. The van der Waals surface area contributed by atoms with Crippen molar-refractivity contribution in [1.29, 1.82) is 0 Å². The van der Waals surface area contributed by atoms with Gasteiger partial charge in [-0.2, -0.15) is 0 Å². The van der Waals surface area contributed by atoms with Crippen molar-refractivity contribution in [2.24, 2.45) is 0 Å². The molecular formula is C14H14FNO4. The molecule has 1 aliphatic heterocycles. The maximum atomic E-state index is 13.5. The minimum Gasteiger partial charge on any atom is -0.478 e. The van der Waals surface area contributed by atoms with Crippen LogP contribution in [0.25, 0.3) is 6.08 Å². The molecule has 1 aromatic rings. The van der Waals surface area contributed by atoms with Crippen molar-refractivity contribution < 1.29 is 23.8 Å². The van der Waals surface area contributed by atoms with Crippen molar-refractivity contribution in [3.8, 4) is 0 Å². The molecule has 106 valence electrons. The molecule has 20 heavy (non-hydrogen) atoms. The average Bonchev–Trinajstić information content (AvgIpc) is 2.42. The number of carbonyl (C=O) groups is 2. The third-order valence-corrected chi connectivity index (χ3v) is 2.92. The van der Waals surface area contributed by atoms with Gasteiger partial charge in [0.2, 0.25) is 5.91 Å². The molecule has 6 heteroatoms. The summed E-state index contributed by atoms with van der Waals surface area (Å²) < 4.78 is 18.6. The van der Waals surface area contributed by atoms with Crippen LogP contribution in [0.4, 0.5) is 4.39 Å². The molecule has 0 aromatic heterocycles. The molecule has 0 saturated carbocycles. The fourth-order valence-electron chi connectivity index (χ4n) is 1.92. The van der Waals surface area contributed by atoms with Crippen LogP contribution in [0.15, 0.2) is 24.3 Å². The van der Waals surface area contributed by atoms with Crippen LogP contribution in [-0.4, -0.2) is 41.6 Å². The number of rotatable bonds is 4. The molecule has 1 fully saturated rings. The van der Waals surface area contributed by atoms with Gasteiger partial charge in [0.15, 0.2) is 0 Å². The van der Waals surface area contributed by atoms with Gasteiger partial charge in [0.25, 0.3) is 0 Å². The first-order valence-electron chi connectivity index (χ1n) is 6.11. The van der Waals surface area contributed by atoms with Gasteiger partial charge in [-0.05, 0) is 23.8 Å². The topological polar surface area (TPSA) is 66.8 Å². The Bertz CT molecular complexity index is 556. The first-order valence-corrected chi connectivity index (χ1v) is 6.11. The van der Waals surface area contributed by atoms with Crippen molar-refractivity contribution in [3.63, 3.8) is 0 Å². The maximum Gasteiger partial charge on any atom is 0.328 e. The predicted molar refractivity (Wildman–Crippen MR) is 69.3 cm³/mol. The molecule has 1 aromatic carbocycles. The number of benzene rings is 1. The van der Waals surface area contributed by atoms with E-state index >= 15 is 0 Å². The Morgan fingerprint density at radius 2 is 2.30 bits per heavy atom. The summed E-state index contributed by atoms with van der Waals surface area (Å²) >= 11 is 0. The molecule has 0 unspecified atom stereocenters. The highest BCUT2D eigenvalue weighted by molar-refractivity contribution is 5.85. The van der Waals surface area contributed by atoms with Gasteiger partial charge in [-0.25, -0.2) is 9.18 Å². The van der Waals surface area contributed by atoms with Crippen molar-refractivity contribution >= 4 is 18.0 Å². The van der Waals surface area contributed by atoms with Gasteiger partial charge in [0.05, 0.1) is 6.61 Å². The lowest BCUT2D eigenvalue weighted by Gasteiger charge is -2.26. The molecular weight excluding hydrogens is 265 g/mol. The summed E-state index contributed by atoms with van der Waals surface area (Å²) in [5, 5.41) is 8.55. The van der Waals surface area contributed by atoms with E-state index < -0.39 is 11.8 Å². The molecule has 5 nitrogen and oxygen atoms in total. The number of hydrogen-bond donors (Lipinski definition) is 1. The van der Waals surface area contributed by atoms with Crippen LogP contribution in [0.3, 0.4) is 0 Å². The fourth-order valence-corrected chi connectivity index (χ4v) is 1.92. The second-order valence-electron chi connectivity index (χ2n) is 4.40. The third kappa shape index (κ3) is 3.64. The van der Waals surface area contributed by atoms with Gasteiger partial charge in [0, 0.05) is 24.7 Å². The number of carbonyl (C=O) groups excluding carboxylic acids is 1. The summed E-state index contributed by atoms with van der Waals surface area (Å²) in [4.78, 5) is 23.7. The van der Waals surface area contributed by atoms with Crippen LogP contribution < -0.4 is 0 Å². The van der Waals surface area contributed by atoms with E-state index in [1.165, 1.54) is 18.2 Å². The normalized spacial score (nSPS) is 15.8. The Morgan fingerprint density at radius 3 is 3.00 bits per heavy atom. The lowest BCUT2D eigenvalue weighted by molar-refractivity contribution is -0.143. The van der Waals surface area contributed by atoms with E-state index in [9.17, 15) is 14.0 Å². The number of morpholine rings is 1. The Morgan fingerprint density at radius 1 is 1.50 bits per heavy atom. The molecule has 1 amide bonds. The lowest BCUT2D eigenvalue weighted by atomic mass is 10.1. The highest BCUT2D eigenvalue weighted by Crippen LogP contribution is 2.15. The highest BCUT2D eigenvalue weighted by Gasteiger charge is 2.18. The lowest BCUT2D eigenvalue weighted by Crippen LogP contribution is -2.40. The first-order chi connectivity index (χ1) is 9.56. The third-order valence-electron chi connectivity index (χ3n) is 2.92. The van der Waals surface area contributed by atoms with E-state index in [1.807, 2.05) is 0 Å². The minimum atomic E-state index is -1.14. The second-order valence-corrected chi connectivity index (χ2v) is 4.40. The highest BCUT2D eigenvalue weighted by atomic mass is 19.1. The van der Waals surface area contributed by atoms with E-state index in [4.69, 9.17) is 9.84 Å². The molecule has 1 N–H and O–H groups in total. The standard InChI is InChI=1S/C14H14FNO4/c15-12-3-1-10(7-11(12)2-4-14(18)19)8-16-5-6-20-9-13(16)17/h1-4,7H,5-6,8-9H2,(H,18,19). The zero-order chi connectivity index (χ0) is 14.5. The van der Waals surface area contributed by atoms with Crippen LogP contribution in [0, 0.1) is 5.82 Å². The Kier molecular flexibility index (Phi) is 4.47. The molecule has 1 saturated heterocycles. The number of ether oxygens (including phenoxy) is 1. The Hall–Kier alpha value is -2.21. The van der Waals surface area contributed by atoms with Gasteiger partial charge in [-0.3, -0.25) is 4.79 Å². The zero-order valence-electron chi connectivity index (χ0n) is 10.7. The van der Waals surface area contributed by atoms with Gasteiger partial charge < -0.3 is 14.7 Å². The van der Waals surface area contributed by atoms with Crippen LogP contribution in [0.2, 0.25) is 0 Å². The fraction of sp³-hybridized carbons (Fsp3) is 0.286. The monoisotopic (exact) mass is 279 g/mol. The molecule has 1 aliphatic rings. The molecule has 0 atom stereocenters. The van der Waals surface area contributed by atoms with Crippen molar-refractivity contribution in [3.05, 3.63) is 41.2 Å². The summed E-state index contributed by atoms with van der Waals surface area (Å²) in [6, 6.07) is 4.38. The van der Waals surface area contributed by atoms with Crippen LogP contribution in [0.5, 0.6) is 0 Å². The summed E-state index contributed by atoms with van der Waals surface area (Å²) in [5.74, 6) is -1.75. The molecule has 1 heterocycles. The zero-order valence-corrected chi connectivity index (χ0v) is 10.7. The summed E-state index contributed by atoms with van der Waals surface area (Å²) in [6.45, 7) is 1.40. The van der Waals surface area contributed by atoms with E-state index in [-0.39, 0.29) is 18.1 Å². The second kappa shape index (κ2) is 6.29. The van der Waals surface area contributed by atoms with Gasteiger partial charge in [0.1, 0.15) is 12.4 Å². The minimum absolute atomic E-state index is 0.0625. The van der Waals surface area contributed by atoms with Crippen LogP contribution >= 0.6 is 0 Å². The summed E-state index contributed by atoms with van der Waals surface area (Å²) in [7, 11) is 0. The van der Waals surface area contributed by atoms with Crippen LogP contribution in [-0.2, 0) is 20.9 Å². The summed E-state index contributed by atoms with van der Waals surface area (Å²) in [5.41, 5.74) is 0.928. The Labute approximate surface area is 115 Å². The van der Waals surface area contributed by atoms with Crippen LogP contribution in [0.1, 0.15) is 11.1 Å². The molecule has 0 spiro atoms. The van der Waals surface area contributed by atoms with Gasteiger partial charge in [-0.15, -0.1) is 0 Å². The Balaban J connectivity index is 2.14. The van der Waals surface area contributed by atoms with Crippen molar-refractivity contribution in [1.82, 2.24) is 4.90 Å². The van der Waals surface area contributed by atoms with Crippen molar-refractivity contribution in [2.45, 2.75) is 6.54 Å². The van der Waals surface area contributed by atoms with E-state index in [1.54, 1.807) is 11.0 Å². The number of carboxylic acid groups (broad SMARTS) is 1. The predicted octanol–water partition coefficient (Wildman–Crippen LogP) is 1.28. The quantitative estimate of drug-likeness (QED) is 0.843. The number of hydrogen-bond acceptors (Lipinski definition) is 3. The van der Waals surface area contributed by atoms with Gasteiger partial charge in [-0.1, -0.05) is 6.07 Å². The molecule has 2 rings (SSSR count). The van der Waals surface area contributed by atoms with E-state index in [0.717, 1.165) is 11.6 Å². The number of nitrogens with zero attached hydrogens (tertiary/aromatic N) is 1. The number of carboxylic acids is 1. The maximum absolute atomic E-state index is 13.5. The average molecular weight is 279 g/mol. The summed E-state index contributed by atoms with van der Waals surface area (Å²) in [6.07, 6.45) is 2.07. The largest absolute Gasteiger partial charge is 0.478 e. The SMILES string of the molecule is O=C(O)C=Cc1cc(CN2CCOCC2=O)ccc1F. The van der Waals surface area contributed by atoms with Crippen molar-refractivity contribution in [2.75, 3.05) is 19.8 Å². The van der Waals surface area contributed by atoms with E-state index in [0.29, 0.717) is 19.7 Å². The first kappa shape index (κ1) is 14.2. The molecule has 0 bridgehead atoms. The van der Waals surface area contributed by atoms with Gasteiger partial charge >= 0.3 is 5.97 Å². The van der Waals surface area contributed by atoms with E-state index in [2.05, 4.69) is 0 Å². The smallest absolute Gasteiger partial charge is 0.328 e.